The molecule has 0 saturated heterocycles. The first-order chi connectivity index (χ1) is 32.1. The van der Waals surface area contributed by atoms with E-state index in [1.54, 1.807) is 0 Å². The summed E-state index contributed by atoms with van der Waals surface area (Å²) in [4.78, 5) is 2.49. The van der Waals surface area contributed by atoms with E-state index in [1.165, 1.54) is 92.5 Å². The maximum absolute atomic E-state index is 2.49. The summed E-state index contributed by atoms with van der Waals surface area (Å²) in [6, 6.07) is 90.4. The fourth-order valence-corrected chi connectivity index (χ4v) is 12.7. The predicted molar refractivity (Wildman–Crippen MR) is 274 cm³/mol. The predicted octanol–water partition coefficient (Wildman–Crippen LogP) is 16.9. The van der Waals surface area contributed by atoms with Gasteiger partial charge in [-0.05, 0) is 128 Å². The van der Waals surface area contributed by atoms with Crippen LogP contribution in [0.25, 0.3) is 53.6 Å². The van der Waals surface area contributed by atoms with Crippen molar-refractivity contribution in [3.63, 3.8) is 0 Å². The minimum atomic E-state index is -0.473. The quantitative estimate of drug-likeness (QED) is 0.154. The van der Waals surface area contributed by atoms with Crippen molar-refractivity contribution in [2.75, 3.05) is 4.90 Å². The SMILES string of the molecule is CC1(c2ccccc2)c2ccccc2-c2cc(N(c3cccc(-c4cccc5sc6ccccc6c45)c3)c3ccc4c(c3)-c3ccccc3C4(c3ccccc3)c3ccccc3)ccc21. The lowest BCUT2D eigenvalue weighted by Crippen LogP contribution is -2.28. The number of nitrogens with zero attached hydrogens (tertiary/aromatic N) is 1. The third-order valence-corrected chi connectivity index (χ3v) is 15.6. The zero-order valence-electron chi connectivity index (χ0n) is 35.9. The average molecular weight is 846 g/mol. The smallest absolute Gasteiger partial charge is 0.0713 e. The first-order valence-corrected chi connectivity index (χ1v) is 23.4. The number of hydrogen-bond acceptors (Lipinski definition) is 2. The minimum Gasteiger partial charge on any atom is -0.310 e. The third kappa shape index (κ3) is 5.51. The van der Waals surface area contributed by atoms with Crippen molar-refractivity contribution in [3.8, 4) is 33.4 Å². The van der Waals surface area contributed by atoms with Gasteiger partial charge >= 0.3 is 0 Å². The molecule has 1 heterocycles. The number of fused-ring (bicyclic) bond motifs is 9. The van der Waals surface area contributed by atoms with E-state index in [1.807, 2.05) is 11.3 Å². The van der Waals surface area contributed by atoms with E-state index in [2.05, 4.69) is 254 Å². The van der Waals surface area contributed by atoms with Gasteiger partial charge in [-0.15, -0.1) is 11.3 Å². The standard InChI is InChI=1S/C63H43NS/c1-62(43-20-5-2-6-21-43)55-31-14-11-27-50(55)53-40-47(35-37-56(53)62)64(46-26-17-19-42(39-46)49-30-18-34-60-61(49)52-29-13-16-33-59(52)65-60)48-36-38-58-54(41-48)51-28-12-15-32-57(51)63(58,44-22-7-3-8-23-44)45-24-9-4-10-25-45/h2-41H,1H3. The van der Waals surface area contributed by atoms with E-state index < -0.39 is 5.41 Å². The van der Waals surface area contributed by atoms with E-state index in [0.29, 0.717) is 0 Å². The highest BCUT2D eigenvalue weighted by Gasteiger charge is 2.46. The van der Waals surface area contributed by atoms with E-state index in [0.717, 1.165) is 17.1 Å². The van der Waals surface area contributed by atoms with Gasteiger partial charge < -0.3 is 4.90 Å². The van der Waals surface area contributed by atoms with Gasteiger partial charge in [-0.1, -0.05) is 194 Å². The summed E-state index contributed by atoms with van der Waals surface area (Å²) < 4.78 is 2.62. The second-order valence-electron chi connectivity index (χ2n) is 17.7. The largest absolute Gasteiger partial charge is 0.310 e. The van der Waals surface area contributed by atoms with E-state index in [4.69, 9.17) is 0 Å². The van der Waals surface area contributed by atoms with Gasteiger partial charge in [-0.3, -0.25) is 0 Å². The maximum Gasteiger partial charge on any atom is 0.0713 e. The van der Waals surface area contributed by atoms with Gasteiger partial charge in [0.2, 0.25) is 0 Å². The number of hydrogen-bond donors (Lipinski definition) is 0. The Labute approximate surface area is 384 Å². The van der Waals surface area contributed by atoms with Crippen LogP contribution in [0.2, 0.25) is 0 Å². The van der Waals surface area contributed by atoms with Crippen LogP contribution in [-0.4, -0.2) is 0 Å². The molecule has 1 nitrogen and oxygen atoms in total. The molecule has 306 valence electrons. The summed E-state index contributed by atoms with van der Waals surface area (Å²) in [5, 5.41) is 2.63. The molecule has 13 rings (SSSR count). The molecular formula is C63H43NS. The Morgan fingerprint density at radius 2 is 0.815 bits per heavy atom. The fourth-order valence-electron chi connectivity index (χ4n) is 11.6. The summed E-state index contributed by atoms with van der Waals surface area (Å²) in [5.74, 6) is 0. The van der Waals surface area contributed by atoms with Crippen molar-refractivity contribution < 1.29 is 0 Å². The van der Waals surface area contributed by atoms with Crippen LogP contribution in [0.5, 0.6) is 0 Å². The minimum absolute atomic E-state index is 0.284. The van der Waals surface area contributed by atoms with Gasteiger partial charge in [0.1, 0.15) is 0 Å². The van der Waals surface area contributed by atoms with E-state index in [-0.39, 0.29) is 5.41 Å². The van der Waals surface area contributed by atoms with Gasteiger partial charge in [0, 0.05) is 42.6 Å². The van der Waals surface area contributed by atoms with Crippen molar-refractivity contribution in [2.45, 2.75) is 17.8 Å². The summed E-state index contributed by atoms with van der Waals surface area (Å²) in [5.41, 5.74) is 19.2. The van der Waals surface area contributed by atoms with Crippen LogP contribution in [0.4, 0.5) is 17.1 Å². The van der Waals surface area contributed by atoms with Crippen LogP contribution in [-0.2, 0) is 10.8 Å². The van der Waals surface area contributed by atoms with Crippen molar-refractivity contribution in [1.82, 2.24) is 0 Å². The highest BCUT2D eigenvalue weighted by Crippen LogP contribution is 2.58. The first kappa shape index (κ1) is 37.7. The lowest BCUT2D eigenvalue weighted by molar-refractivity contribution is 0.714. The lowest BCUT2D eigenvalue weighted by atomic mass is 9.68. The highest BCUT2D eigenvalue weighted by molar-refractivity contribution is 7.25. The molecular weight excluding hydrogens is 803 g/mol. The second kappa shape index (κ2) is 14.6. The molecule has 2 aliphatic rings. The van der Waals surface area contributed by atoms with Crippen LogP contribution < -0.4 is 4.90 Å². The molecule has 0 N–H and O–H groups in total. The summed E-state index contributed by atoms with van der Waals surface area (Å²) in [6.45, 7) is 2.40. The second-order valence-corrected chi connectivity index (χ2v) is 18.8. The van der Waals surface area contributed by atoms with Crippen LogP contribution >= 0.6 is 11.3 Å². The normalized spacial score (nSPS) is 15.3. The van der Waals surface area contributed by atoms with Crippen LogP contribution in [0.1, 0.15) is 45.9 Å². The molecule has 2 aliphatic carbocycles. The van der Waals surface area contributed by atoms with Crippen molar-refractivity contribution in [3.05, 3.63) is 282 Å². The van der Waals surface area contributed by atoms with Gasteiger partial charge in [0.15, 0.2) is 0 Å². The average Bonchev–Trinajstić information content (AvgIpc) is 4.00. The monoisotopic (exact) mass is 845 g/mol. The summed E-state index contributed by atoms with van der Waals surface area (Å²) in [7, 11) is 0. The Hall–Kier alpha value is -7.78. The molecule has 2 heteroatoms. The van der Waals surface area contributed by atoms with Crippen molar-refractivity contribution in [2.24, 2.45) is 0 Å². The molecule has 11 aromatic rings. The Bertz CT molecular complexity index is 3580. The molecule has 0 aliphatic heterocycles. The molecule has 0 bridgehead atoms. The number of thiophene rings is 1. The topological polar surface area (TPSA) is 3.24 Å². The van der Waals surface area contributed by atoms with Gasteiger partial charge in [-0.2, -0.15) is 0 Å². The number of benzene rings is 10. The van der Waals surface area contributed by atoms with E-state index in [9.17, 15) is 0 Å². The van der Waals surface area contributed by atoms with E-state index >= 15 is 0 Å². The molecule has 0 amide bonds. The van der Waals surface area contributed by atoms with Crippen molar-refractivity contribution in [1.29, 1.82) is 0 Å². The number of anilines is 3. The molecule has 0 spiro atoms. The maximum atomic E-state index is 2.49. The molecule has 0 radical (unpaired) electrons. The van der Waals surface area contributed by atoms with Gasteiger partial charge in [-0.25, -0.2) is 0 Å². The zero-order valence-corrected chi connectivity index (χ0v) is 36.8. The summed E-state index contributed by atoms with van der Waals surface area (Å²) in [6.07, 6.45) is 0. The molecule has 65 heavy (non-hydrogen) atoms. The van der Waals surface area contributed by atoms with Gasteiger partial charge in [0.25, 0.3) is 0 Å². The lowest BCUT2D eigenvalue weighted by Gasteiger charge is -2.34. The highest BCUT2D eigenvalue weighted by atomic mass is 32.1. The Morgan fingerprint density at radius 1 is 0.338 bits per heavy atom. The molecule has 0 fully saturated rings. The molecule has 10 aromatic carbocycles. The summed E-state index contributed by atoms with van der Waals surface area (Å²) >= 11 is 1.87. The molecule has 1 atom stereocenters. The van der Waals surface area contributed by atoms with Crippen LogP contribution in [0.15, 0.2) is 243 Å². The molecule has 0 saturated carbocycles. The third-order valence-electron chi connectivity index (χ3n) is 14.4. The van der Waals surface area contributed by atoms with Gasteiger partial charge in [0.05, 0.1) is 5.41 Å². The Kier molecular flexibility index (Phi) is 8.50. The van der Waals surface area contributed by atoms with Crippen LogP contribution in [0.3, 0.4) is 0 Å². The Morgan fingerprint density at radius 3 is 1.52 bits per heavy atom. The number of rotatable bonds is 7. The molecule has 1 unspecified atom stereocenters. The zero-order chi connectivity index (χ0) is 43.1. The fraction of sp³-hybridized carbons (Fsp3) is 0.0476. The van der Waals surface area contributed by atoms with Crippen LogP contribution in [0, 0.1) is 0 Å². The first-order valence-electron chi connectivity index (χ1n) is 22.6. The molecule has 1 aromatic heterocycles. The van der Waals surface area contributed by atoms with Crippen molar-refractivity contribution >= 4 is 48.6 Å². The Balaban J connectivity index is 1.05.